The van der Waals surface area contributed by atoms with Gasteiger partial charge in [-0.05, 0) is 38.5 Å². The molecule has 0 radical (unpaired) electrons. The van der Waals surface area contributed by atoms with Gasteiger partial charge in [-0.3, -0.25) is 4.79 Å². The summed E-state index contributed by atoms with van der Waals surface area (Å²) >= 11 is 0. The largest absolute Gasteiger partial charge is 0.475 e. The first-order valence-electron chi connectivity index (χ1n) is 9.47. The van der Waals surface area contributed by atoms with Gasteiger partial charge in [-0.2, -0.15) is 13.2 Å². The van der Waals surface area contributed by atoms with E-state index in [1.165, 1.54) is 30.5 Å². The van der Waals surface area contributed by atoms with E-state index < -0.39 is 29.5 Å². The van der Waals surface area contributed by atoms with Gasteiger partial charge in [0.15, 0.2) is 0 Å². The van der Waals surface area contributed by atoms with Crippen LogP contribution in [0.5, 0.6) is 5.88 Å². The van der Waals surface area contributed by atoms with Crippen molar-refractivity contribution in [2.45, 2.75) is 39.0 Å². The van der Waals surface area contributed by atoms with E-state index in [4.69, 9.17) is 15.2 Å². The maximum absolute atomic E-state index is 13.8. The molecule has 160 valence electrons. The maximum Gasteiger partial charge on any atom is 0.416 e. The van der Waals surface area contributed by atoms with Gasteiger partial charge in [0.2, 0.25) is 5.88 Å². The van der Waals surface area contributed by atoms with Crippen molar-refractivity contribution in [3.63, 3.8) is 0 Å². The first-order valence-corrected chi connectivity index (χ1v) is 9.47. The Hall–Kier alpha value is -3.10. The number of hydrogen-bond donors (Lipinski definition) is 1. The third kappa shape index (κ3) is 4.10. The molecule has 1 aromatic heterocycles. The average molecular weight is 421 g/mol. The topological polar surface area (TPSA) is 86.8 Å². The SMILES string of the molecule is CCOC(=O)C1C(N)=Nc2ccnc(OC(C)C)c2C1c1ccccc1C(F)(F)F. The van der Waals surface area contributed by atoms with Crippen molar-refractivity contribution < 1.29 is 27.4 Å². The van der Waals surface area contributed by atoms with Crippen LogP contribution in [-0.4, -0.2) is 29.5 Å². The van der Waals surface area contributed by atoms with E-state index in [1.807, 2.05) is 0 Å². The zero-order valence-corrected chi connectivity index (χ0v) is 16.7. The lowest BCUT2D eigenvalue weighted by molar-refractivity contribution is -0.147. The molecule has 1 aromatic carbocycles. The molecule has 2 atom stereocenters. The molecule has 0 fully saturated rings. The van der Waals surface area contributed by atoms with E-state index in [1.54, 1.807) is 20.8 Å². The summed E-state index contributed by atoms with van der Waals surface area (Å²) in [6.45, 7) is 5.19. The molecule has 0 saturated heterocycles. The average Bonchev–Trinajstić information content (AvgIpc) is 2.66. The number of esters is 1. The molecule has 6 nitrogen and oxygen atoms in total. The summed E-state index contributed by atoms with van der Waals surface area (Å²) in [4.78, 5) is 21.2. The van der Waals surface area contributed by atoms with Crippen molar-refractivity contribution in [2.24, 2.45) is 16.6 Å². The molecule has 0 spiro atoms. The van der Waals surface area contributed by atoms with Crippen molar-refractivity contribution in [1.82, 2.24) is 4.98 Å². The van der Waals surface area contributed by atoms with Crippen molar-refractivity contribution in [3.8, 4) is 5.88 Å². The van der Waals surface area contributed by atoms with Gasteiger partial charge < -0.3 is 15.2 Å². The molecule has 0 bridgehead atoms. The fourth-order valence-corrected chi connectivity index (χ4v) is 3.55. The number of nitrogens with two attached hydrogens (primary N) is 1. The zero-order valence-electron chi connectivity index (χ0n) is 16.7. The van der Waals surface area contributed by atoms with E-state index in [-0.39, 0.29) is 35.6 Å². The highest BCUT2D eigenvalue weighted by Crippen LogP contribution is 2.48. The molecule has 2 unspecified atom stereocenters. The van der Waals surface area contributed by atoms with Gasteiger partial charge in [0.25, 0.3) is 0 Å². The number of amidine groups is 1. The molecule has 9 heteroatoms. The number of carbonyl (C=O) groups excluding carboxylic acids is 1. The second-order valence-electron chi connectivity index (χ2n) is 7.04. The Kier molecular flexibility index (Phi) is 6.00. The third-order valence-corrected chi connectivity index (χ3v) is 4.63. The highest BCUT2D eigenvalue weighted by molar-refractivity contribution is 6.04. The van der Waals surface area contributed by atoms with Crippen LogP contribution in [0.4, 0.5) is 18.9 Å². The highest BCUT2D eigenvalue weighted by Gasteiger charge is 2.45. The molecular formula is C21H22F3N3O3. The number of halogens is 3. The minimum absolute atomic E-state index is 0.0471. The normalized spacial score (nSPS) is 18.6. The Morgan fingerprint density at radius 1 is 1.23 bits per heavy atom. The molecule has 1 aliphatic heterocycles. The molecule has 0 amide bonds. The second kappa shape index (κ2) is 8.33. The number of ether oxygens (including phenoxy) is 2. The van der Waals surface area contributed by atoms with Gasteiger partial charge in [-0.15, -0.1) is 0 Å². The number of aliphatic imine (C=N–C) groups is 1. The number of rotatable bonds is 5. The van der Waals surface area contributed by atoms with Gasteiger partial charge in [0, 0.05) is 17.7 Å². The number of nitrogens with zero attached hydrogens (tertiary/aromatic N) is 2. The van der Waals surface area contributed by atoms with Crippen LogP contribution in [0, 0.1) is 5.92 Å². The van der Waals surface area contributed by atoms with Gasteiger partial charge in [-0.1, -0.05) is 18.2 Å². The van der Waals surface area contributed by atoms with E-state index in [2.05, 4.69) is 9.98 Å². The van der Waals surface area contributed by atoms with E-state index in [0.717, 1.165) is 6.07 Å². The summed E-state index contributed by atoms with van der Waals surface area (Å²) < 4.78 is 52.4. The number of alkyl halides is 3. The van der Waals surface area contributed by atoms with Crippen molar-refractivity contribution in [1.29, 1.82) is 0 Å². The van der Waals surface area contributed by atoms with Crippen LogP contribution in [0.2, 0.25) is 0 Å². The zero-order chi connectivity index (χ0) is 22.1. The molecule has 0 saturated carbocycles. The molecule has 2 N–H and O–H groups in total. The van der Waals surface area contributed by atoms with Crippen molar-refractivity contribution in [2.75, 3.05) is 6.61 Å². The lowest BCUT2D eigenvalue weighted by Crippen LogP contribution is -2.40. The number of fused-ring (bicyclic) bond motifs is 1. The predicted molar refractivity (Wildman–Crippen MR) is 105 cm³/mol. The number of benzene rings is 1. The number of pyridine rings is 1. The summed E-state index contributed by atoms with van der Waals surface area (Å²) in [5.41, 5.74) is 5.66. The van der Waals surface area contributed by atoms with Crippen LogP contribution >= 0.6 is 0 Å². The van der Waals surface area contributed by atoms with Crippen LogP contribution in [-0.2, 0) is 15.7 Å². The van der Waals surface area contributed by atoms with E-state index in [9.17, 15) is 18.0 Å². The van der Waals surface area contributed by atoms with E-state index in [0.29, 0.717) is 5.69 Å². The second-order valence-corrected chi connectivity index (χ2v) is 7.04. The summed E-state index contributed by atoms with van der Waals surface area (Å²) in [6.07, 6.45) is -3.50. The Labute approximate surface area is 171 Å². The fraction of sp³-hybridized carbons (Fsp3) is 0.381. The molecule has 0 aliphatic carbocycles. The molecule has 3 rings (SSSR count). The Morgan fingerprint density at radius 3 is 2.57 bits per heavy atom. The monoisotopic (exact) mass is 421 g/mol. The lowest BCUT2D eigenvalue weighted by atomic mass is 9.76. The maximum atomic E-state index is 13.8. The number of hydrogen-bond acceptors (Lipinski definition) is 6. The first-order chi connectivity index (χ1) is 14.1. The Balaban J connectivity index is 2.32. The third-order valence-electron chi connectivity index (χ3n) is 4.63. The minimum Gasteiger partial charge on any atom is -0.475 e. The van der Waals surface area contributed by atoms with Gasteiger partial charge in [0.05, 0.1) is 24.0 Å². The van der Waals surface area contributed by atoms with Crippen molar-refractivity contribution >= 4 is 17.5 Å². The summed E-state index contributed by atoms with van der Waals surface area (Å²) in [7, 11) is 0. The molecule has 2 aromatic rings. The first kappa shape index (κ1) is 21.6. The van der Waals surface area contributed by atoms with Crippen LogP contribution in [0.25, 0.3) is 0 Å². The standard InChI is InChI=1S/C21H22F3N3O3/c1-4-29-20(28)17-15(12-7-5-6-8-13(12)21(22,23)24)16-14(27-18(17)25)9-10-26-19(16)30-11(2)3/h5-11,15,17H,4H2,1-3H3,(H2,25,27). The van der Waals surface area contributed by atoms with Crippen LogP contribution in [0.1, 0.15) is 43.4 Å². The molecular weight excluding hydrogens is 399 g/mol. The summed E-state index contributed by atoms with van der Waals surface area (Å²) in [5.74, 6) is -3.15. The highest BCUT2D eigenvalue weighted by atomic mass is 19.4. The predicted octanol–water partition coefficient (Wildman–Crippen LogP) is 4.20. The smallest absolute Gasteiger partial charge is 0.416 e. The van der Waals surface area contributed by atoms with Gasteiger partial charge in [0.1, 0.15) is 11.8 Å². The molecule has 2 heterocycles. The Bertz CT molecular complexity index is 973. The lowest BCUT2D eigenvalue weighted by Gasteiger charge is -2.33. The Morgan fingerprint density at radius 2 is 1.93 bits per heavy atom. The van der Waals surface area contributed by atoms with Crippen LogP contribution in [0.3, 0.4) is 0 Å². The van der Waals surface area contributed by atoms with Gasteiger partial charge in [-0.25, -0.2) is 9.98 Å². The summed E-state index contributed by atoms with van der Waals surface area (Å²) in [6, 6.07) is 6.60. The quantitative estimate of drug-likeness (QED) is 0.731. The number of aromatic nitrogens is 1. The molecule has 30 heavy (non-hydrogen) atoms. The number of carbonyl (C=O) groups is 1. The van der Waals surface area contributed by atoms with Gasteiger partial charge >= 0.3 is 12.1 Å². The van der Waals surface area contributed by atoms with Crippen LogP contribution < -0.4 is 10.5 Å². The van der Waals surface area contributed by atoms with E-state index >= 15 is 0 Å². The molecule has 1 aliphatic rings. The van der Waals surface area contributed by atoms with Crippen LogP contribution in [0.15, 0.2) is 41.5 Å². The van der Waals surface area contributed by atoms with Crippen molar-refractivity contribution in [3.05, 3.63) is 53.2 Å². The minimum atomic E-state index is -4.64. The fourth-order valence-electron chi connectivity index (χ4n) is 3.55. The summed E-state index contributed by atoms with van der Waals surface area (Å²) in [5, 5.41) is 0.